The third-order valence-electron chi connectivity index (χ3n) is 2.03. The van der Waals surface area contributed by atoms with E-state index in [1.165, 1.54) is 19.1 Å². The van der Waals surface area contributed by atoms with Crippen LogP contribution in [0, 0.1) is 0 Å². The molecule has 15 heavy (non-hydrogen) atoms. The van der Waals surface area contributed by atoms with Crippen molar-refractivity contribution >= 4 is 5.57 Å². The summed E-state index contributed by atoms with van der Waals surface area (Å²) in [5, 5.41) is 8.77. The molecule has 4 heteroatoms. The van der Waals surface area contributed by atoms with Gasteiger partial charge < -0.3 is 5.11 Å². The number of rotatable bonds is 2. The lowest BCUT2D eigenvalue weighted by atomic mass is 9.99. The SMILES string of the molecule is C=C(C)c1ccc(CO)cc1C(F)(F)F. The van der Waals surface area contributed by atoms with Gasteiger partial charge in [0.2, 0.25) is 0 Å². The smallest absolute Gasteiger partial charge is 0.392 e. The zero-order valence-electron chi connectivity index (χ0n) is 8.23. The average Bonchev–Trinajstić information content (AvgIpc) is 2.15. The number of hydrogen-bond acceptors (Lipinski definition) is 1. The van der Waals surface area contributed by atoms with E-state index in [1.54, 1.807) is 0 Å². The van der Waals surface area contributed by atoms with E-state index < -0.39 is 18.3 Å². The number of allylic oxidation sites excluding steroid dienone is 1. The molecular weight excluding hydrogens is 205 g/mol. The van der Waals surface area contributed by atoms with E-state index in [9.17, 15) is 13.2 Å². The minimum Gasteiger partial charge on any atom is -0.392 e. The van der Waals surface area contributed by atoms with Gasteiger partial charge in [-0.1, -0.05) is 24.3 Å². The molecule has 0 aliphatic rings. The summed E-state index contributed by atoms with van der Waals surface area (Å²) in [4.78, 5) is 0. The Bertz CT molecular complexity index is 380. The molecule has 1 aromatic carbocycles. The summed E-state index contributed by atoms with van der Waals surface area (Å²) in [6, 6.07) is 3.74. The first kappa shape index (κ1) is 11.8. The lowest BCUT2D eigenvalue weighted by molar-refractivity contribution is -0.137. The van der Waals surface area contributed by atoms with Crippen LogP contribution in [0.1, 0.15) is 23.6 Å². The lowest BCUT2D eigenvalue weighted by Crippen LogP contribution is -2.09. The molecular formula is C11H11F3O. The van der Waals surface area contributed by atoms with E-state index in [0.717, 1.165) is 6.07 Å². The molecule has 0 aromatic heterocycles. The second-order valence-electron chi connectivity index (χ2n) is 3.32. The highest BCUT2D eigenvalue weighted by Crippen LogP contribution is 2.35. The molecule has 0 aliphatic heterocycles. The van der Waals surface area contributed by atoms with Crippen LogP contribution in [0.15, 0.2) is 24.8 Å². The molecule has 0 saturated carbocycles. The maximum Gasteiger partial charge on any atom is 0.417 e. The first-order chi connectivity index (χ1) is 6.86. The predicted molar refractivity (Wildman–Crippen MR) is 52.1 cm³/mol. The van der Waals surface area contributed by atoms with E-state index in [-0.39, 0.29) is 11.1 Å². The summed E-state index contributed by atoms with van der Waals surface area (Å²) in [5.41, 5.74) is -0.0830. The fraction of sp³-hybridized carbons (Fsp3) is 0.273. The summed E-state index contributed by atoms with van der Waals surface area (Å²) in [7, 11) is 0. The van der Waals surface area contributed by atoms with Crippen molar-refractivity contribution in [3.8, 4) is 0 Å². The fourth-order valence-electron chi connectivity index (χ4n) is 1.30. The van der Waals surface area contributed by atoms with E-state index >= 15 is 0 Å². The first-order valence-corrected chi connectivity index (χ1v) is 4.33. The van der Waals surface area contributed by atoms with Crippen LogP contribution in [0.5, 0.6) is 0 Å². The summed E-state index contributed by atoms with van der Waals surface area (Å²) in [5.74, 6) is 0. The van der Waals surface area contributed by atoms with Crippen LogP contribution < -0.4 is 0 Å². The third-order valence-corrected chi connectivity index (χ3v) is 2.03. The Morgan fingerprint density at radius 2 is 2.00 bits per heavy atom. The molecule has 0 amide bonds. The summed E-state index contributed by atoms with van der Waals surface area (Å²) in [6.45, 7) is 4.61. The topological polar surface area (TPSA) is 20.2 Å². The van der Waals surface area contributed by atoms with Gasteiger partial charge in [-0.2, -0.15) is 13.2 Å². The molecule has 0 aliphatic carbocycles. The van der Waals surface area contributed by atoms with Crippen molar-refractivity contribution in [3.05, 3.63) is 41.5 Å². The van der Waals surface area contributed by atoms with Crippen molar-refractivity contribution < 1.29 is 18.3 Å². The molecule has 1 N–H and O–H groups in total. The zero-order chi connectivity index (χ0) is 11.6. The van der Waals surface area contributed by atoms with Crippen LogP contribution in [0.25, 0.3) is 5.57 Å². The van der Waals surface area contributed by atoms with Crippen molar-refractivity contribution in [2.75, 3.05) is 0 Å². The Kier molecular flexibility index (Phi) is 3.19. The van der Waals surface area contributed by atoms with Crippen LogP contribution in [-0.4, -0.2) is 5.11 Å². The van der Waals surface area contributed by atoms with Crippen LogP contribution in [0.3, 0.4) is 0 Å². The molecule has 0 bridgehead atoms. The van der Waals surface area contributed by atoms with Gasteiger partial charge in [-0.15, -0.1) is 0 Å². The van der Waals surface area contributed by atoms with Gasteiger partial charge in [0.05, 0.1) is 12.2 Å². The van der Waals surface area contributed by atoms with E-state index in [2.05, 4.69) is 6.58 Å². The maximum absolute atomic E-state index is 12.6. The van der Waals surface area contributed by atoms with Gasteiger partial charge in [-0.3, -0.25) is 0 Å². The number of alkyl halides is 3. The van der Waals surface area contributed by atoms with Gasteiger partial charge in [0.15, 0.2) is 0 Å². The van der Waals surface area contributed by atoms with Crippen molar-refractivity contribution in [1.29, 1.82) is 0 Å². The lowest BCUT2D eigenvalue weighted by Gasteiger charge is -2.13. The number of hydrogen-bond donors (Lipinski definition) is 1. The van der Waals surface area contributed by atoms with Crippen molar-refractivity contribution in [1.82, 2.24) is 0 Å². The molecule has 0 radical (unpaired) electrons. The molecule has 0 unspecified atom stereocenters. The number of aliphatic hydroxyl groups is 1. The van der Waals surface area contributed by atoms with Gasteiger partial charge in [0.25, 0.3) is 0 Å². The number of benzene rings is 1. The zero-order valence-corrected chi connectivity index (χ0v) is 8.23. The van der Waals surface area contributed by atoms with E-state index in [4.69, 9.17) is 5.11 Å². The average molecular weight is 216 g/mol. The van der Waals surface area contributed by atoms with E-state index in [0.29, 0.717) is 5.57 Å². The first-order valence-electron chi connectivity index (χ1n) is 4.33. The van der Waals surface area contributed by atoms with Gasteiger partial charge in [-0.05, 0) is 24.1 Å². The minimum absolute atomic E-state index is 0.0692. The van der Waals surface area contributed by atoms with Crippen molar-refractivity contribution in [2.45, 2.75) is 19.7 Å². The molecule has 0 heterocycles. The minimum atomic E-state index is -4.42. The monoisotopic (exact) mass is 216 g/mol. The highest BCUT2D eigenvalue weighted by Gasteiger charge is 2.33. The Hall–Kier alpha value is -1.29. The largest absolute Gasteiger partial charge is 0.417 e. The van der Waals surface area contributed by atoms with Gasteiger partial charge in [0.1, 0.15) is 0 Å². The van der Waals surface area contributed by atoms with Gasteiger partial charge in [0, 0.05) is 0 Å². The number of aliphatic hydroxyl groups excluding tert-OH is 1. The summed E-state index contributed by atoms with van der Waals surface area (Å²) in [6.07, 6.45) is -4.42. The number of halogens is 3. The molecule has 0 saturated heterocycles. The summed E-state index contributed by atoms with van der Waals surface area (Å²) < 4.78 is 37.8. The fourth-order valence-corrected chi connectivity index (χ4v) is 1.30. The molecule has 0 fully saturated rings. The van der Waals surface area contributed by atoms with Crippen LogP contribution in [-0.2, 0) is 12.8 Å². The molecule has 1 aromatic rings. The highest BCUT2D eigenvalue weighted by molar-refractivity contribution is 5.65. The highest BCUT2D eigenvalue weighted by atomic mass is 19.4. The Balaban J connectivity index is 3.36. The molecule has 0 atom stereocenters. The predicted octanol–water partition coefficient (Wildman–Crippen LogP) is 3.23. The molecule has 0 spiro atoms. The van der Waals surface area contributed by atoms with Crippen molar-refractivity contribution in [3.63, 3.8) is 0 Å². The third kappa shape index (κ3) is 2.59. The Morgan fingerprint density at radius 3 is 2.40 bits per heavy atom. The molecule has 1 nitrogen and oxygen atoms in total. The quantitative estimate of drug-likeness (QED) is 0.804. The maximum atomic E-state index is 12.6. The van der Waals surface area contributed by atoms with Gasteiger partial charge in [-0.25, -0.2) is 0 Å². The molecule has 1 rings (SSSR count). The Labute approximate surface area is 85.9 Å². The Morgan fingerprint density at radius 1 is 1.40 bits per heavy atom. The van der Waals surface area contributed by atoms with Crippen LogP contribution in [0.2, 0.25) is 0 Å². The van der Waals surface area contributed by atoms with Gasteiger partial charge >= 0.3 is 6.18 Å². The second kappa shape index (κ2) is 4.06. The van der Waals surface area contributed by atoms with Crippen LogP contribution in [0.4, 0.5) is 13.2 Å². The summed E-state index contributed by atoms with van der Waals surface area (Å²) >= 11 is 0. The van der Waals surface area contributed by atoms with E-state index in [1.807, 2.05) is 0 Å². The molecule has 82 valence electrons. The van der Waals surface area contributed by atoms with Crippen molar-refractivity contribution in [2.24, 2.45) is 0 Å². The standard InChI is InChI=1S/C11H11F3O/c1-7(2)9-4-3-8(6-15)5-10(9)11(12,13)14/h3-5,15H,1,6H2,2H3. The van der Waals surface area contributed by atoms with Crippen LogP contribution >= 0.6 is 0 Å². The normalized spacial score (nSPS) is 11.5. The second-order valence-corrected chi connectivity index (χ2v) is 3.32.